The Bertz CT molecular complexity index is 1040. The maximum atomic E-state index is 12.2. The first-order valence-electron chi connectivity index (χ1n) is 12.5. The van der Waals surface area contributed by atoms with Crippen LogP contribution in [0.4, 0.5) is 4.79 Å². The number of aliphatic carboxylic acids is 1. The molecule has 0 saturated heterocycles. The van der Waals surface area contributed by atoms with E-state index in [9.17, 15) is 19.5 Å². The molecule has 1 fully saturated rings. The lowest BCUT2D eigenvalue weighted by Crippen LogP contribution is -2.53. The van der Waals surface area contributed by atoms with E-state index in [0.717, 1.165) is 32.1 Å². The van der Waals surface area contributed by atoms with Gasteiger partial charge in [0, 0.05) is 18.9 Å². The van der Waals surface area contributed by atoms with Gasteiger partial charge in [0.15, 0.2) is 0 Å². The van der Waals surface area contributed by atoms with Crippen molar-refractivity contribution in [3.63, 3.8) is 0 Å². The van der Waals surface area contributed by atoms with Crippen molar-refractivity contribution < 1.29 is 24.2 Å². The summed E-state index contributed by atoms with van der Waals surface area (Å²) in [6, 6.07) is 16.5. The molecule has 3 N–H and O–H groups in total. The molecule has 0 bridgehead atoms. The van der Waals surface area contributed by atoms with E-state index < -0.39 is 17.6 Å². The van der Waals surface area contributed by atoms with E-state index in [2.05, 4.69) is 34.9 Å². The Kier molecular flexibility index (Phi) is 7.73. The summed E-state index contributed by atoms with van der Waals surface area (Å²) in [5.41, 5.74) is 3.62. The van der Waals surface area contributed by atoms with Gasteiger partial charge >= 0.3 is 12.1 Å². The van der Waals surface area contributed by atoms with Gasteiger partial charge in [-0.05, 0) is 60.8 Å². The standard InChI is InChI=1S/C28H34N2O5/c1-28(26(32)33,19-15-16-19)30-25(31)14-4-2-3-9-17-29-27(34)35-18-24-22-12-7-5-10-20(22)21-11-6-8-13-23(21)24/h5-8,10-13,19,24H,2-4,9,14-18H2,1H3,(H,29,34)(H,30,31)(H,32,33). The smallest absolute Gasteiger partial charge is 0.407 e. The number of rotatable bonds is 12. The number of benzene rings is 2. The van der Waals surface area contributed by atoms with Crippen molar-refractivity contribution >= 4 is 18.0 Å². The lowest BCUT2D eigenvalue weighted by atomic mass is 9.95. The second kappa shape index (κ2) is 10.9. The second-order valence-electron chi connectivity index (χ2n) is 9.75. The van der Waals surface area contributed by atoms with Crippen molar-refractivity contribution in [3.8, 4) is 11.1 Å². The van der Waals surface area contributed by atoms with Gasteiger partial charge in [-0.25, -0.2) is 9.59 Å². The summed E-state index contributed by atoms with van der Waals surface area (Å²) in [6.45, 7) is 2.41. The molecule has 4 rings (SSSR count). The van der Waals surface area contributed by atoms with Crippen LogP contribution in [-0.2, 0) is 14.3 Å². The Labute approximate surface area is 206 Å². The number of hydrogen-bond donors (Lipinski definition) is 3. The van der Waals surface area contributed by atoms with Crippen molar-refractivity contribution in [1.82, 2.24) is 10.6 Å². The van der Waals surface area contributed by atoms with E-state index in [1.165, 1.54) is 22.3 Å². The summed E-state index contributed by atoms with van der Waals surface area (Å²) < 4.78 is 5.54. The molecule has 1 unspecified atom stereocenters. The van der Waals surface area contributed by atoms with Crippen molar-refractivity contribution in [2.75, 3.05) is 13.2 Å². The van der Waals surface area contributed by atoms with Crippen LogP contribution in [0.3, 0.4) is 0 Å². The monoisotopic (exact) mass is 478 g/mol. The van der Waals surface area contributed by atoms with Gasteiger partial charge in [-0.3, -0.25) is 4.79 Å². The topological polar surface area (TPSA) is 105 Å². The summed E-state index contributed by atoms with van der Waals surface area (Å²) in [5.74, 6) is -1.10. The van der Waals surface area contributed by atoms with Crippen LogP contribution in [0.15, 0.2) is 48.5 Å². The summed E-state index contributed by atoms with van der Waals surface area (Å²) in [5, 5.41) is 15.0. The molecular formula is C28H34N2O5. The molecule has 2 aromatic rings. The number of amides is 2. The highest BCUT2D eigenvalue weighted by Crippen LogP contribution is 2.44. The molecule has 0 spiro atoms. The molecule has 1 saturated carbocycles. The van der Waals surface area contributed by atoms with Crippen molar-refractivity contribution in [3.05, 3.63) is 59.7 Å². The molecule has 186 valence electrons. The first-order valence-corrected chi connectivity index (χ1v) is 12.5. The zero-order valence-corrected chi connectivity index (χ0v) is 20.2. The van der Waals surface area contributed by atoms with E-state index in [4.69, 9.17) is 4.74 Å². The second-order valence-corrected chi connectivity index (χ2v) is 9.75. The fourth-order valence-corrected chi connectivity index (χ4v) is 4.95. The lowest BCUT2D eigenvalue weighted by Gasteiger charge is -2.26. The van der Waals surface area contributed by atoms with Crippen LogP contribution in [0.2, 0.25) is 0 Å². The SMILES string of the molecule is CC(NC(=O)CCCCCCNC(=O)OCC1c2ccccc2-c2ccccc21)(C(=O)O)C1CC1. The van der Waals surface area contributed by atoms with Crippen molar-refractivity contribution in [2.45, 2.75) is 63.3 Å². The molecule has 2 amide bonds. The molecule has 1 atom stereocenters. The predicted octanol–water partition coefficient (Wildman–Crippen LogP) is 4.85. The normalized spacial score (nSPS) is 16.0. The minimum Gasteiger partial charge on any atom is -0.480 e. The fraction of sp³-hybridized carbons (Fsp3) is 0.464. The number of carbonyl (C=O) groups excluding carboxylic acids is 2. The molecule has 0 heterocycles. The first kappa shape index (κ1) is 24.8. The number of carboxylic acid groups (broad SMARTS) is 1. The zero-order valence-electron chi connectivity index (χ0n) is 20.2. The molecule has 2 aromatic carbocycles. The highest BCUT2D eigenvalue weighted by Gasteiger charge is 2.48. The number of nitrogens with one attached hydrogen (secondary N) is 2. The number of carbonyl (C=O) groups is 3. The average molecular weight is 479 g/mol. The summed E-state index contributed by atoms with van der Waals surface area (Å²) in [4.78, 5) is 35.9. The van der Waals surface area contributed by atoms with Gasteiger partial charge < -0.3 is 20.5 Å². The third-order valence-corrected chi connectivity index (χ3v) is 7.18. The van der Waals surface area contributed by atoms with Gasteiger partial charge in [0.2, 0.25) is 5.91 Å². The van der Waals surface area contributed by atoms with Crippen LogP contribution in [0.1, 0.15) is 68.9 Å². The molecule has 0 aliphatic heterocycles. The van der Waals surface area contributed by atoms with Gasteiger partial charge in [0.05, 0.1) is 0 Å². The van der Waals surface area contributed by atoms with Gasteiger partial charge in [-0.15, -0.1) is 0 Å². The van der Waals surface area contributed by atoms with E-state index in [0.29, 0.717) is 26.0 Å². The number of carboxylic acids is 1. The average Bonchev–Trinajstić information content (AvgIpc) is 3.66. The highest BCUT2D eigenvalue weighted by molar-refractivity contribution is 5.87. The van der Waals surface area contributed by atoms with Crippen LogP contribution in [0, 0.1) is 5.92 Å². The molecule has 2 aliphatic rings. The Morgan fingerprint density at radius 3 is 2.14 bits per heavy atom. The summed E-state index contributed by atoms with van der Waals surface area (Å²) >= 11 is 0. The van der Waals surface area contributed by atoms with E-state index >= 15 is 0 Å². The van der Waals surface area contributed by atoms with Gasteiger partial charge in [0.25, 0.3) is 0 Å². The number of hydrogen-bond acceptors (Lipinski definition) is 4. The molecular weight excluding hydrogens is 444 g/mol. The molecule has 7 nitrogen and oxygen atoms in total. The largest absolute Gasteiger partial charge is 0.480 e. The number of unbranched alkanes of at least 4 members (excludes halogenated alkanes) is 3. The minimum absolute atomic E-state index is 0.0351. The summed E-state index contributed by atoms with van der Waals surface area (Å²) in [6.07, 6.45) is 4.79. The van der Waals surface area contributed by atoms with Crippen LogP contribution >= 0.6 is 0 Å². The first-order chi connectivity index (χ1) is 16.9. The van der Waals surface area contributed by atoms with E-state index in [1.54, 1.807) is 6.92 Å². The van der Waals surface area contributed by atoms with Crippen molar-refractivity contribution in [1.29, 1.82) is 0 Å². The maximum Gasteiger partial charge on any atom is 0.407 e. The Hall–Kier alpha value is -3.35. The number of alkyl carbamates (subject to hydrolysis) is 1. The van der Waals surface area contributed by atoms with Gasteiger partial charge in [-0.2, -0.15) is 0 Å². The van der Waals surface area contributed by atoms with Crippen LogP contribution < -0.4 is 10.6 Å². The predicted molar refractivity (Wildman–Crippen MR) is 133 cm³/mol. The van der Waals surface area contributed by atoms with Crippen LogP contribution in [0.25, 0.3) is 11.1 Å². The fourth-order valence-electron chi connectivity index (χ4n) is 4.95. The highest BCUT2D eigenvalue weighted by atomic mass is 16.5. The van der Waals surface area contributed by atoms with Crippen LogP contribution in [0.5, 0.6) is 0 Å². The molecule has 2 aliphatic carbocycles. The molecule has 7 heteroatoms. The Morgan fingerprint density at radius 2 is 1.54 bits per heavy atom. The number of fused-ring (bicyclic) bond motifs is 3. The third-order valence-electron chi connectivity index (χ3n) is 7.18. The van der Waals surface area contributed by atoms with Gasteiger partial charge in [-0.1, -0.05) is 61.4 Å². The van der Waals surface area contributed by atoms with E-state index in [1.807, 2.05) is 24.3 Å². The quantitative estimate of drug-likeness (QED) is 0.379. The molecule has 0 radical (unpaired) electrons. The Balaban J connectivity index is 1.10. The third kappa shape index (κ3) is 5.84. The van der Waals surface area contributed by atoms with Gasteiger partial charge in [0.1, 0.15) is 12.1 Å². The summed E-state index contributed by atoms with van der Waals surface area (Å²) in [7, 11) is 0. The van der Waals surface area contributed by atoms with Crippen molar-refractivity contribution in [2.24, 2.45) is 5.92 Å². The lowest BCUT2D eigenvalue weighted by molar-refractivity contribution is -0.147. The molecule has 0 aromatic heterocycles. The molecule has 35 heavy (non-hydrogen) atoms. The minimum atomic E-state index is -1.15. The van der Waals surface area contributed by atoms with E-state index in [-0.39, 0.29) is 17.7 Å². The van der Waals surface area contributed by atoms with Crippen LogP contribution in [-0.4, -0.2) is 41.8 Å². The zero-order chi connectivity index (χ0) is 24.8. The Morgan fingerprint density at radius 1 is 0.943 bits per heavy atom. The maximum absolute atomic E-state index is 12.2. The number of ether oxygens (including phenoxy) is 1.